The first-order chi connectivity index (χ1) is 8.89. The minimum absolute atomic E-state index is 0.0414. The largest absolute Gasteiger partial charge is 0.480 e. The SMILES string of the molecule is CCC1SCC(C(=O)O)N1S(=O)(=O)c1cn[nH]c1C. The molecule has 1 aromatic heterocycles. The molecule has 0 aromatic carbocycles. The summed E-state index contributed by atoms with van der Waals surface area (Å²) in [6.45, 7) is 3.44. The highest BCUT2D eigenvalue weighted by Gasteiger charge is 2.46. The number of nitrogens with zero attached hydrogens (tertiary/aromatic N) is 2. The number of aryl methyl sites for hydroxylation is 1. The first kappa shape index (κ1) is 14.4. The Labute approximate surface area is 115 Å². The van der Waals surface area contributed by atoms with Gasteiger partial charge in [-0.15, -0.1) is 11.8 Å². The third-order valence-electron chi connectivity index (χ3n) is 3.01. The van der Waals surface area contributed by atoms with Gasteiger partial charge in [0.1, 0.15) is 10.9 Å². The van der Waals surface area contributed by atoms with Crippen LogP contribution in [0.1, 0.15) is 19.0 Å². The summed E-state index contributed by atoms with van der Waals surface area (Å²) in [4.78, 5) is 11.3. The van der Waals surface area contributed by atoms with Gasteiger partial charge in [-0.25, -0.2) is 8.42 Å². The first-order valence-corrected chi connectivity index (χ1v) is 8.26. The van der Waals surface area contributed by atoms with Gasteiger partial charge in [-0.05, 0) is 13.3 Å². The molecule has 1 aromatic rings. The van der Waals surface area contributed by atoms with E-state index >= 15 is 0 Å². The van der Waals surface area contributed by atoms with Crippen LogP contribution in [0.5, 0.6) is 0 Å². The van der Waals surface area contributed by atoms with Gasteiger partial charge in [-0.1, -0.05) is 6.92 Å². The van der Waals surface area contributed by atoms with Gasteiger partial charge in [0, 0.05) is 5.75 Å². The maximum Gasteiger partial charge on any atom is 0.322 e. The first-order valence-electron chi connectivity index (χ1n) is 5.77. The minimum atomic E-state index is -3.84. The summed E-state index contributed by atoms with van der Waals surface area (Å²) < 4.78 is 26.3. The average Bonchev–Trinajstić information content (AvgIpc) is 2.94. The number of aromatic amines is 1. The van der Waals surface area contributed by atoms with Crippen LogP contribution in [0.3, 0.4) is 0 Å². The Kier molecular flexibility index (Phi) is 3.88. The minimum Gasteiger partial charge on any atom is -0.480 e. The summed E-state index contributed by atoms with van der Waals surface area (Å²) in [6.07, 6.45) is 1.78. The monoisotopic (exact) mass is 305 g/mol. The van der Waals surface area contributed by atoms with E-state index in [9.17, 15) is 18.3 Å². The highest BCUT2D eigenvalue weighted by atomic mass is 32.2. The molecule has 1 saturated heterocycles. The van der Waals surface area contributed by atoms with Crippen molar-refractivity contribution in [3.63, 3.8) is 0 Å². The topological polar surface area (TPSA) is 103 Å². The van der Waals surface area contributed by atoms with E-state index in [-0.39, 0.29) is 16.0 Å². The summed E-state index contributed by atoms with van der Waals surface area (Å²) >= 11 is 1.35. The highest BCUT2D eigenvalue weighted by molar-refractivity contribution is 8.01. The van der Waals surface area contributed by atoms with E-state index in [1.165, 1.54) is 18.0 Å². The number of aromatic nitrogens is 2. The van der Waals surface area contributed by atoms with E-state index in [0.717, 1.165) is 4.31 Å². The van der Waals surface area contributed by atoms with Gasteiger partial charge in [0.05, 0.1) is 17.3 Å². The zero-order valence-corrected chi connectivity index (χ0v) is 12.2. The summed E-state index contributed by atoms with van der Waals surface area (Å²) in [5.41, 5.74) is 0.413. The van der Waals surface area contributed by atoms with Crippen molar-refractivity contribution in [1.29, 1.82) is 0 Å². The van der Waals surface area contributed by atoms with Gasteiger partial charge in [0.2, 0.25) is 10.0 Å². The van der Waals surface area contributed by atoms with E-state index in [4.69, 9.17) is 0 Å². The number of carboxylic acid groups (broad SMARTS) is 1. The fourth-order valence-electron chi connectivity index (χ4n) is 2.06. The maximum absolute atomic E-state index is 12.6. The number of aliphatic carboxylic acids is 1. The van der Waals surface area contributed by atoms with Crippen molar-refractivity contribution < 1.29 is 18.3 Å². The van der Waals surface area contributed by atoms with Gasteiger partial charge in [-0.3, -0.25) is 9.89 Å². The number of sulfonamides is 1. The second-order valence-electron chi connectivity index (χ2n) is 4.24. The molecule has 2 rings (SSSR count). The fourth-order valence-corrected chi connectivity index (χ4v) is 5.72. The molecule has 2 heterocycles. The van der Waals surface area contributed by atoms with Gasteiger partial charge < -0.3 is 5.11 Å². The number of thioether (sulfide) groups is 1. The molecule has 2 atom stereocenters. The molecule has 7 nitrogen and oxygen atoms in total. The number of rotatable bonds is 4. The Morgan fingerprint density at radius 3 is 2.84 bits per heavy atom. The van der Waals surface area contributed by atoms with Gasteiger partial charge in [0.25, 0.3) is 0 Å². The zero-order chi connectivity index (χ0) is 14.2. The molecule has 2 unspecified atom stereocenters. The summed E-state index contributed by atoms with van der Waals surface area (Å²) in [7, 11) is -3.84. The van der Waals surface area contributed by atoms with Crippen molar-refractivity contribution in [2.75, 3.05) is 5.75 Å². The molecule has 0 bridgehead atoms. The maximum atomic E-state index is 12.6. The predicted molar refractivity (Wildman–Crippen MR) is 70.3 cm³/mol. The molecule has 0 radical (unpaired) electrons. The quantitative estimate of drug-likeness (QED) is 0.846. The van der Waals surface area contributed by atoms with Gasteiger partial charge >= 0.3 is 5.97 Å². The number of hydrogen-bond donors (Lipinski definition) is 2. The number of hydrogen-bond acceptors (Lipinski definition) is 5. The van der Waals surface area contributed by atoms with Gasteiger partial charge in [-0.2, -0.15) is 9.40 Å². The highest BCUT2D eigenvalue weighted by Crippen LogP contribution is 2.36. The average molecular weight is 305 g/mol. The molecule has 1 fully saturated rings. The van der Waals surface area contributed by atoms with Crippen LogP contribution < -0.4 is 0 Å². The third-order valence-corrected chi connectivity index (χ3v) is 6.63. The lowest BCUT2D eigenvalue weighted by Gasteiger charge is -2.25. The smallest absolute Gasteiger partial charge is 0.322 e. The number of H-pyrrole nitrogens is 1. The van der Waals surface area contributed by atoms with Crippen LogP contribution >= 0.6 is 11.8 Å². The summed E-state index contributed by atoms with van der Waals surface area (Å²) in [5, 5.41) is 15.1. The number of nitrogens with one attached hydrogen (secondary N) is 1. The lowest BCUT2D eigenvalue weighted by atomic mass is 10.3. The molecule has 1 aliphatic heterocycles. The second kappa shape index (κ2) is 5.14. The lowest BCUT2D eigenvalue weighted by Crippen LogP contribution is -2.45. The van der Waals surface area contributed by atoms with Gasteiger partial charge in [0.15, 0.2) is 0 Å². The molecule has 0 aliphatic carbocycles. The molecule has 2 N–H and O–H groups in total. The van der Waals surface area contributed by atoms with Crippen LogP contribution in [0.2, 0.25) is 0 Å². The predicted octanol–water partition coefficient (Wildman–Crippen LogP) is 0.645. The van der Waals surface area contributed by atoms with Crippen molar-refractivity contribution >= 4 is 27.8 Å². The Morgan fingerprint density at radius 1 is 1.68 bits per heavy atom. The standard InChI is InChI=1S/C10H15N3O4S2/c1-3-9-13(7(5-18-9)10(14)15)19(16,17)8-4-11-12-6(8)2/h4,7,9H,3,5H2,1-2H3,(H,11,12)(H,14,15). The Hall–Kier alpha value is -1.06. The Morgan fingerprint density at radius 2 is 2.37 bits per heavy atom. The molecule has 19 heavy (non-hydrogen) atoms. The summed E-state index contributed by atoms with van der Waals surface area (Å²) in [5.74, 6) is -0.850. The fraction of sp³-hybridized carbons (Fsp3) is 0.600. The van der Waals surface area contributed by atoms with Crippen molar-refractivity contribution in [2.45, 2.75) is 36.6 Å². The molecular weight excluding hydrogens is 290 g/mol. The molecular formula is C10H15N3O4S2. The molecule has 0 saturated carbocycles. The molecule has 0 spiro atoms. The molecule has 0 amide bonds. The van der Waals surface area contributed by atoms with Crippen LogP contribution in [0.4, 0.5) is 0 Å². The number of carbonyl (C=O) groups is 1. The normalized spacial score (nSPS) is 24.7. The van der Waals surface area contributed by atoms with Crippen molar-refractivity contribution in [3.05, 3.63) is 11.9 Å². The summed E-state index contributed by atoms with van der Waals surface area (Å²) in [6, 6.07) is -1.02. The zero-order valence-electron chi connectivity index (χ0n) is 10.5. The van der Waals surface area contributed by atoms with E-state index < -0.39 is 22.0 Å². The second-order valence-corrected chi connectivity index (χ2v) is 7.27. The van der Waals surface area contributed by atoms with E-state index in [2.05, 4.69) is 10.2 Å². The molecule has 106 valence electrons. The Bertz CT molecular complexity index is 583. The number of carboxylic acids is 1. The van der Waals surface area contributed by atoms with Crippen molar-refractivity contribution in [2.24, 2.45) is 0 Å². The van der Waals surface area contributed by atoms with Crippen LogP contribution in [0.15, 0.2) is 11.1 Å². The van der Waals surface area contributed by atoms with Crippen molar-refractivity contribution in [1.82, 2.24) is 14.5 Å². The van der Waals surface area contributed by atoms with E-state index in [1.807, 2.05) is 6.92 Å². The third kappa shape index (κ3) is 2.37. The molecule has 1 aliphatic rings. The van der Waals surface area contributed by atoms with Crippen molar-refractivity contribution in [3.8, 4) is 0 Å². The van der Waals surface area contributed by atoms with Crippen LogP contribution in [-0.2, 0) is 14.8 Å². The van der Waals surface area contributed by atoms with Crippen LogP contribution in [0, 0.1) is 6.92 Å². The lowest BCUT2D eigenvalue weighted by molar-refractivity contribution is -0.140. The molecule has 9 heteroatoms. The van der Waals surface area contributed by atoms with E-state index in [1.54, 1.807) is 6.92 Å². The van der Waals surface area contributed by atoms with E-state index in [0.29, 0.717) is 12.1 Å². The van der Waals surface area contributed by atoms with Crippen LogP contribution in [0.25, 0.3) is 0 Å². The van der Waals surface area contributed by atoms with Crippen LogP contribution in [-0.4, -0.2) is 51.2 Å². The Balaban J connectivity index is 2.47.